The average molecular weight is 281 g/mol. The van der Waals surface area contributed by atoms with Crippen LogP contribution in [0.5, 0.6) is 0 Å². The number of halogens is 1. The van der Waals surface area contributed by atoms with Gasteiger partial charge in [0.15, 0.2) is 0 Å². The number of carbonyl (C=O) groups is 1. The van der Waals surface area contributed by atoms with E-state index in [1.165, 1.54) is 24.3 Å². The van der Waals surface area contributed by atoms with Gasteiger partial charge in [-0.15, -0.1) is 0 Å². The van der Waals surface area contributed by atoms with Crippen LogP contribution in [0.15, 0.2) is 24.3 Å². The molecule has 110 valence electrons. The fourth-order valence-corrected chi connectivity index (χ4v) is 2.36. The second-order valence-corrected chi connectivity index (χ2v) is 5.35. The van der Waals surface area contributed by atoms with Gasteiger partial charge in [-0.25, -0.2) is 4.39 Å². The number of carbonyl (C=O) groups excluding carboxylic acids is 1. The van der Waals surface area contributed by atoms with Crippen LogP contribution < -0.4 is 5.32 Å². The van der Waals surface area contributed by atoms with Crippen LogP contribution in [-0.4, -0.2) is 29.8 Å². The third-order valence-corrected chi connectivity index (χ3v) is 3.70. The molecule has 0 aliphatic carbocycles. The van der Waals surface area contributed by atoms with Crippen LogP contribution in [0.1, 0.15) is 31.9 Å². The monoisotopic (exact) mass is 281 g/mol. The number of hydrogen-bond donors (Lipinski definition) is 2. The molecule has 0 saturated carbocycles. The normalized spacial score (nSPS) is 25.2. The predicted octanol–water partition coefficient (Wildman–Crippen LogP) is 1.79. The van der Waals surface area contributed by atoms with Crippen LogP contribution in [-0.2, 0) is 9.53 Å². The van der Waals surface area contributed by atoms with Crippen molar-refractivity contribution in [1.29, 1.82) is 0 Å². The van der Waals surface area contributed by atoms with Gasteiger partial charge in [-0.1, -0.05) is 19.1 Å². The fourth-order valence-electron chi connectivity index (χ4n) is 2.36. The van der Waals surface area contributed by atoms with E-state index < -0.39 is 18.2 Å². The second kappa shape index (κ2) is 6.33. The van der Waals surface area contributed by atoms with Gasteiger partial charge < -0.3 is 15.2 Å². The van der Waals surface area contributed by atoms with E-state index in [2.05, 4.69) is 5.32 Å². The summed E-state index contributed by atoms with van der Waals surface area (Å²) in [4.78, 5) is 12.0. The SMILES string of the molecule is CC1CCOC1C(=O)NC(C)C(O)c1ccc(F)cc1. The van der Waals surface area contributed by atoms with Crippen molar-refractivity contribution >= 4 is 5.91 Å². The van der Waals surface area contributed by atoms with E-state index >= 15 is 0 Å². The molecule has 1 aromatic carbocycles. The molecule has 0 radical (unpaired) electrons. The maximum atomic E-state index is 12.8. The molecule has 1 aliphatic rings. The Bertz CT molecular complexity index is 463. The summed E-state index contributed by atoms with van der Waals surface area (Å²) in [6.07, 6.45) is -0.457. The Morgan fingerprint density at radius 1 is 1.45 bits per heavy atom. The van der Waals surface area contributed by atoms with Crippen LogP contribution in [0, 0.1) is 11.7 Å². The molecule has 1 aromatic rings. The summed E-state index contributed by atoms with van der Waals surface area (Å²) >= 11 is 0. The minimum absolute atomic E-state index is 0.185. The van der Waals surface area contributed by atoms with Gasteiger partial charge in [0.25, 0.3) is 0 Å². The molecule has 4 atom stereocenters. The van der Waals surface area contributed by atoms with Crippen molar-refractivity contribution in [3.8, 4) is 0 Å². The lowest BCUT2D eigenvalue weighted by atomic mass is 10.0. The Balaban J connectivity index is 1.95. The zero-order chi connectivity index (χ0) is 14.7. The zero-order valence-corrected chi connectivity index (χ0v) is 11.7. The molecule has 4 nitrogen and oxygen atoms in total. The summed E-state index contributed by atoms with van der Waals surface area (Å²) < 4.78 is 18.2. The first-order valence-corrected chi connectivity index (χ1v) is 6.84. The highest BCUT2D eigenvalue weighted by Crippen LogP contribution is 2.22. The summed E-state index contributed by atoms with van der Waals surface area (Å²) in [7, 11) is 0. The molecule has 0 aromatic heterocycles. The number of aliphatic hydroxyl groups excluding tert-OH is 1. The standard InChI is InChI=1S/C15H20FNO3/c1-9-7-8-20-14(9)15(19)17-10(2)13(18)11-3-5-12(16)6-4-11/h3-6,9-10,13-14,18H,7-8H2,1-2H3,(H,17,19). The first kappa shape index (κ1) is 14.9. The fraction of sp³-hybridized carbons (Fsp3) is 0.533. The summed E-state index contributed by atoms with van der Waals surface area (Å²) in [5.74, 6) is -0.375. The van der Waals surface area contributed by atoms with Gasteiger partial charge in [-0.05, 0) is 37.0 Å². The molecule has 1 heterocycles. The van der Waals surface area contributed by atoms with E-state index in [0.29, 0.717) is 12.2 Å². The molecule has 0 bridgehead atoms. The number of benzene rings is 1. The lowest BCUT2D eigenvalue weighted by Crippen LogP contribution is -2.44. The van der Waals surface area contributed by atoms with E-state index in [9.17, 15) is 14.3 Å². The number of rotatable bonds is 4. The largest absolute Gasteiger partial charge is 0.386 e. The second-order valence-electron chi connectivity index (χ2n) is 5.35. The summed E-state index contributed by atoms with van der Waals surface area (Å²) in [5.41, 5.74) is 0.569. The topological polar surface area (TPSA) is 58.6 Å². The summed E-state index contributed by atoms with van der Waals surface area (Å²) in [6.45, 7) is 4.28. The molecule has 1 fully saturated rings. The molecular weight excluding hydrogens is 261 g/mol. The van der Waals surface area contributed by atoms with Crippen LogP contribution in [0.4, 0.5) is 4.39 Å². The van der Waals surface area contributed by atoms with Gasteiger partial charge in [0, 0.05) is 6.61 Å². The molecule has 1 amide bonds. The molecule has 4 unspecified atom stereocenters. The average Bonchev–Trinajstić information content (AvgIpc) is 2.85. The molecule has 1 aliphatic heterocycles. The van der Waals surface area contributed by atoms with Crippen molar-refractivity contribution in [3.05, 3.63) is 35.6 Å². The number of ether oxygens (including phenoxy) is 1. The van der Waals surface area contributed by atoms with Gasteiger partial charge >= 0.3 is 0 Å². The Labute approximate surface area is 117 Å². The van der Waals surface area contributed by atoms with E-state index in [1.54, 1.807) is 6.92 Å². The van der Waals surface area contributed by atoms with E-state index in [4.69, 9.17) is 4.74 Å². The van der Waals surface area contributed by atoms with Gasteiger partial charge in [0.1, 0.15) is 11.9 Å². The maximum Gasteiger partial charge on any atom is 0.249 e. The minimum atomic E-state index is -0.878. The Hall–Kier alpha value is -1.46. The van der Waals surface area contributed by atoms with Crippen molar-refractivity contribution in [2.45, 2.75) is 38.5 Å². The van der Waals surface area contributed by atoms with Crippen molar-refractivity contribution in [3.63, 3.8) is 0 Å². The van der Waals surface area contributed by atoms with Crippen molar-refractivity contribution in [2.75, 3.05) is 6.61 Å². The van der Waals surface area contributed by atoms with Gasteiger partial charge in [-0.3, -0.25) is 4.79 Å². The number of aliphatic hydroxyl groups is 1. The van der Waals surface area contributed by atoms with E-state index in [-0.39, 0.29) is 17.6 Å². The highest BCUT2D eigenvalue weighted by Gasteiger charge is 2.32. The number of amides is 1. The first-order valence-electron chi connectivity index (χ1n) is 6.84. The third-order valence-electron chi connectivity index (χ3n) is 3.70. The van der Waals surface area contributed by atoms with Crippen LogP contribution in [0.25, 0.3) is 0 Å². The summed E-state index contributed by atoms with van der Waals surface area (Å²) in [6, 6.07) is 5.13. The smallest absolute Gasteiger partial charge is 0.249 e. The molecule has 2 rings (SSSR count). The van der Waals surface area contributed by atoms with E-state index in [0.717, 1.165) is 6.42 Å². The highest BCUT2D eigenvalue weighted by atomic mass is 19.1. The molecule has 5 heteroatoms. The van der Waals surface area contributed by atoms with Gasteiger partial charge in [-0.2, -0.15) is 0 Å². The molecule has 20 heavy (non-hydrogen) atoms. The van der Waals surface area contributed by atoms with Crippen molar-refractivity contribution < 1.29 is 19.0 Å². The quantitative estimate of drug-likeness (QED) is 0.884. The molecule has 0 spiro atoms. The Morgan fingerprint density at radius 3 is 2.65 bits per heavy atom. The number of hydrogen-bond acceptors (Lipinski definition) is 3. The van der Waals surface area contributed by atoms with Crippen LogP contribution in [0.3, 0.4) is 0 Å². The first-order chi connectivity index (χ1) is 9.49. The van der Waals surface area contributed by atoms with Gasteiger partial charge in [0.05, 0.1) is 12.1 Å². The third kappa shape index (κ3) is 3.35. The zero-order valence-electron chi connectivity index (χ0n) is 11.7. The van der Waals surface area contributed by atoms with Crippen LogP contribution >= 0.6 is 0 Å². The highest BCUT2D eigenvalue weighted by molar-refractivity contribution is 5.81. The van der Waals surface area contributed by atoms with Gasteiger partial charge in [0.2, 0.25) is 5.91 Å². The molecular formula is C15H20FNO3. The van der Waals surface area contributed by atoms with Crippen molar-refractivity contribution in [2.24, 2.45) is 5.92 Å². The Morgan fingerprint density at radius 2 is 2.10 bits per heavy atom. The number of nitrogens with one attached hydrogen (secondary N) is 1. The lowest BCUT2D eigenvalue weighted by molar-refractivity contribution is -0.133. The minimum Gasteiger partial charge on any atom is -0.386 e. The molecule has 2 N–H and O–H groups in total. The van der Waals surface area contributed by atoms with E-state index in [1.807, 2.05) is 6.92 Å². The predicted molar refractivity (Wildman–Crippen MR) is 72.5 cm³/mol. The molecule has 1 saturated heterocycles. The van der Waals surface area contributed by atoms with Crippen molar-refractivity contribution in [1.82, 2.24) is 5.32 Å². The van der Waals surface area contributed by atoms with Crippen LogP contribution in [0.2, 0.25) is 0 Å². The Kier molecular flexibility index (Phi) is 4.73. The summed E-state index contributed by atoms with van der Waals surface area (Å²) in [5, 5.41) is 12.9. The maximum absolute atomic E-state index is 12.8. The lowest BCUT2D eigenvalue weighted by Gasteiger charge is -2.23.